The summed E-state index contributed by atoms with van der Waals surface area (Å²) in [4.78, 5) is 28.0. The molecule has 32 heavy (non-hydrogen) atoms. The van der Waals surface area contributed by atoms with Crippen LogP contribution in [0, 0.1) is 5.82 Å². The molecule has 1 fully saturated rings. The summed E-state index contributed by atoms with van der Waals surface area (Å²) < 4.78 is 65.4. The van der Waals surface area contributed by atoms with Crippen molar-refractivity contribution in [2.45, 2.75) is 37.1 Å². The number of alkyl halides is 3. The Morgan fingerprint density at radius 1 is 1.34 bits per heavy atom. The molecule has 0 spiro atoms. The molecule has 1 saturated heterocycles. The van der Waals surface area contributed by atoms with Crippen LogP contribution in [0.15, 0.2) is 30.5 Å². The summed E-state index contributed by atoms with van der Waals surface area (Å²) in [7, 11) is 1.18. The number of hydrogen-bond donors (Lipinski definition) is 2. The van der Waals surface area contributed by atoms with Gasteiger partial charge in [0.15, 0.2) is 5.60 Å². The lowest BCUT2D eigenvalue weighted by atomic mass is 9.86. The highest BCUT2D eigenvalue weighted by atomic mass is 35.5. The zero-order valence-corrected chi connectivity index (χ0v) is 17.6. The topological polar surface area (TPSA) is 104 Å². The number of carbonyl (C=O) groups excluding carboxylic acids is 2. The first-order valence-electron chi connectivity index (χ1n) is 9.21. The Morgan fingerprint density at radius 2 is 2.03 bits per heavy atom. The number of anilines is 1. The van der Waals surface area contributed by atoms with Gasteiger partial charge in [-0.05, 0) is 31.5 Å². The van der Waals surface area contributed by atoms with E-state index in [0.29, 0.717) is 0 Å². The minimum absolute atomic E-state index is 0.0749. The Kier molecular flexibility index (Phi) is 6.34. The lowest BCUT2D eigenvalue weighted by molar-refractivity contribution is -0.261. The van der Waals surface area contributed by atoms with Gasteiger partial charge in [-0.15, -0.1) is 0 Å². The highest BCUT2D eigenvalue weighted by molar-refractivity contribution is 6.32. The molecule has 0 unspecified atom stereocenters. The van der Waals surface area contributed by atoms with Gasteiger partial charge in [-0.1, -0.05) is 17.7 Å². The summed E-state index contributed by atoms with van der Waals surface area (Å²) in [6, 6.07) is 4.67. The third kappa shape index (κ3) is 4.35. The van der Waals surface area contributed by atoms with E-state index >= 15 is 0 Å². The fourth-order valence-electron chi connectivity index (χ4n) is 3.53. The average Bonchev–Trinajstić information content (AvgIpc) is 3.09. The lowest BCUT2D eigenvalue weighted by Crippen LogP contribution is -2.43. The number of halogens is 5. The molecule has 0 saturated carbocycles. The summed E-state index contributed by atoms with van der Waals surface area (Å²) in [5.41, 5.74) is 2.49. The Morgan fingerprint density at radius 3 is 2.62 bits per heavy atom. The molecule has 2 heterocycles. The number of nitrogens with two attached hydrogens (primary N) is 1. The van der Waals surface area contributed by atoms with E-state index in [9.17, 15) is 27.2 Å². The molecule has 3 rings (SSSR count). The van der Waals surface area contributed by atoms with Crippen molar-refractivity contribution in [3.05, 3.63) is 52.6 Å². The monoisotopic (exact) mass is 475 g/mol. The van der Waals surface area contributed by atoms with Gasteiger partial charge < -0.3 is 20.5 Å². The number of aromatic nitrogens is 1. The van der Waals surface area contributed by atoms with Crippen LogP contribution in [-0.4, -0.2) is 41.8 Å². The van der Waals surface area contributed by atoms with Crippen LogP contribution in [0.4, 0.5) is 23.2 Å². The van der Waals surface area contributed by atoms with Gasteiger partial charge in [0, 0.05) is 23.4 Å². The van der Waals surface area contributed by atoms with Crippen LogP contribution in [0.2, 0.25) is 5.02 Å². The molecule has 172 valence electrons. The van der Waals surface area contributed by atoms with E-state index in [1.807, 2.05) is 0 Å². The second-order valence-electron chi connectivity index (χ2n) is 7.34. The second-order valence-corrected chi connectivity index (χ2v) is 7.72. The summed E-state index contributed by atoms with van der Waals surface area (Å²) in [6.07, 6.45) is -5.88. The fourth-order valence-corrected chi connectivity index (χ4v) is 3.78. The first kappa shape index (κ1) is 23.7. The Hall–Kier alpha value is -2.92. The van der Waals surface area contributed by atoms with Gasteiger partial charge in [-0.3, -0.25) is 14.6 Å². The van der Waals surface area contributed by atoms with Crippen molar-refractivity contribution in [3.8, 4) is 5.75 Å². The molecule has 0 radical (unpaired) electrons. The molecule has 2 aromatic rings. The van der Waals surface area contributed by atoms with Crippen LogP contribution >= 0.6 is 11.6 Å². The standard InChI is InChI=1S/C20H18ClF4N3O4/c1-19(20(23,24)25)8-11(10-3-4-12(22)14(21)15(10)31-2)16(32-19)18(30)28-9-5-6-27-13(7-9)17(26)29/h3-7,11,16H,8H2,1-2H3,(H2,26,29)(H,27,28,30)/t11-,16+,19-/m0/s1. The fraction of sp³-hybridized carbons (Fsp3) is 0.350. The number of methoxy groups -OCH3 is 1. The Balaban J connectivity index is 2.01. The normalized spacial score (nSPS) is 23.1. The van der Waals surface area contributed by atoms with Gasteiger partial charge in [0.25, 0.3) is 11.8 Å². The molecular formula is C20H18ClF4N3O4. The molecule has 12 heteroatoms. The molecule has 1 aliphatic heterocycles. The van der Waals surface area contributed by atoms with Gasteiger partial charge >= 0.3 is 6.18 Å². The first-order chi connectivity index (χ1) is 14.9. The average molecular weight is 476 g/mol. The van der Waals surface area contributed by atoms with Crippen molar-refractivity contribution in [3.63, 3.8) is 0 Å². The highest BCUT2D eigenvalue weighted by Gasteiger charge is 2.61. The van der Waals surface area contributed by atoms with Crippen molar-refractivity contribution in [2.24, 2.45) is 5.73 Å². The molecule has 3 N–H and O–H groups in total. The smallest absolute Gasteiger partial charge is 0.417 e. The first-order valence-corrected chi connectivity index (χ1v) is 9.59. The predicted octanol–water partition coefficient (Wildman–Crippen LogP) is 3.81. The number of hydrogen-bond acceptors (Lipinski definition) is 5. The lowest BCUT2D eigenvalue weighted by Gasteiger charge is -2.27. The van der Waals surface area contributed by atoms with Gasteiger partial charge in [-0.25, -0.2) is 4.39 Å². The number of pyridine rings is 1. The van der Waals surface area contributed by atoms with Crippen molar-refractivity contribution < 1.29 is 36.6 Å². The molecule has 1 aliphatic rings. The van der Waals surface area contributed by atoms with Gasteiger partial charge in [0.1, 0.15) is 28.4 Å². The Labute approximate surface area is 184 Å². The third-order valence-corrected chi connectivity index (χ3v) is 5.54. The number of nitrogens with one attached hydrogen (secondary N) is 1. The molecule has 0 aliphatic carbocycles. The maximum absolute atomic E-state index is 13.9. The summed E-state index contributed by atoms with van der Waals surface area (Å²) in [5.74, 6) is -3.98. The van der Waals surface area contributed by atoms with Crippen LogP contribution in [0.1, 0.15) is 35.3 Å². The maximum atomic E-state index is 13.9. The van der Waals surface area contributed by atoms with Crippen LogP contribution < -0.4 is 15.8 Å². The molecule has 7 nitrogen and oxygen atoms in total. The number of primary amides is 1. The van der Waals surface area contributed by atoms with E-state index in [2.05, 4.69) is 10.3 Å². The molecular weight excluding hydrogens is 458 g/mol. The minimum Gasteiger partial charge on any atom is -0.495 e. The van der Waals surface area contributed by atoms with Crippen molar-refractivity contribution in [2.75, 3.05) is 12.4 Å². The Bertz CT molecular complexity index is 1070. The quantitative estimate of drug-likeness (QED) is 0.640. The van der Waals surface area contributed by atoms with E-state index in [0.717, 1.165) is 13.0 Å². The zero-order chi connectivity index (χ0) is 23.8. The number of amides is 2. The zero-order valence-electron chi connectivity index (χ0n) is 16.8. The van der Waals surface area contributed by atoms with Crippen molar-refractivity contribution >= 4 is 29.1 Å². The molecule has 1 aromatic carbocycles. The van der Waals surface area contributed by atoms with Gasteiger partial charge in [0.2, 0.25) is 0 Å². The predicted molar refractivity (Wildman–Crippen MR) is 106 cm³/mol. The van der Waals surface area contributed by atoms with E-state index in [1.165, 1.54) is 31.5 Å². The van der Waals surface area contributed by atoms with E-state index in [4.69, 9.17) is 26.8 Å². The van der Waals surface area contributed by atoms with E-state index in [-0.39, 0.29) is 22.7 Å². The third-order valence-electron chi connectivity index (χ3n) is 5.18. The van der Waals surface area contributed by atoms with Gasteiger partial charge in [0.05, 0.1) is 7.11 Å². The minimum atomic E-state index is -4.80. The second kappa shape index (κ2) is 8.55. The summed E-state index contributed by atoms with van der Waals surface area (Å²) in [6.45, 7) is 0.822. The number of carbonyl (C=O) groups is 2. The van der Waals surface area contributed by atoms with Crippen molar-refractivity contribution in [1.29, 1.82) is 0 Å². The number of benzene rings is 1. The molecule has 2 amide bonds. The molecule has 1 aromatic heterocycles. The van der Waals surface area contributed by atoms with Gasteiger partial charge in [-0.2, -0.15) is 13.2 Å². The molecule has 0 bridgehead atoms. The summed E-state index contributed by atoms with van der Waals surface area (Å²) >= 11 is 5.93. The van der Waals surface area contributed by atoms with Crippen LogP contribution in [0.3, 0.4) is 0 Å². The van der Waals surface area contributed by atoms with Crippen LogP contribution in [-0.2, 0) is 9.53 Å². The maximum Gasteiger partial charge on any atom is 0.417 e. The van der Waals surface area contributed by atoms with Crippen LogP contribution in [0.25, 0.3) is 0 Å². The number of nitrogens with zero attached hydrogens (tertiary/aromatic N) is 1. The van der Waals surface area contributed by atoms with Crippen LogP contribution in [0.5, 0.6) is 5.75 Å². The largest absolute Gasteiger partial charge is 0.495 e. The van der Waals surface area contributed by atoms with E-state index < -0.39 is 52.9 Å². The highest BCUT2D eigenvalue weighted by Crippen LogP contribution is 2.52. The number of ether oxygens (including phenoxy) is 2. The van der Waals surface area contributed by atoms with E-state index in [1.54, 1.807) is 0 Å². The van der Waals surface area contributed by atoms with Crippen molar-refractivity contribution in [1.82, 2.24) is 4.98 Å². The summed E-state index contributed by atoms with van der Waals surface area (Å²) in [5, 5.41) is 1.98. The number of rotatable bonds is 5. The SMILES string of the molecule is COc1c([C@@H]2C[C@@](C)(C(F)(F)F)O[C@H]2C(=O)Nc2ccnc(C(N)=O)c2)ccc(F)c1Cl. The molecule has 3 atom stereocenters.